The number of aryl methyl sites for hydroxylation is 1. The Bertz CT molecular complexity index is 943. The largest absolute Gasteiger partial charge is 0.350 e. The number of pyridine rings is 1. The van der Waals surface area contributed by atoms with Crippen molar-refractivity contribution in [1.82, 2.24) is 29.5 Å². The minimum absolute atomic E-state index is 0.0120. The summed E-state index contributed by atoms with van der Waals surface area (Å²) in [4.78, 5) is 24.9. The molecular formula is C18H19N7O. The van der Waals surface area contributed by atoms with Crippen LogP contribution in [-0.2, 0) is 4.79 Å². The molecule has 132 valence electrons. The summed E-state index contributed by atoms with van der Waals surface area (Å²) in [7, 11) is 0. The number of anilines is 1. The first-order valence-electron chi connectivity index (χ1n) is 8.51. The van der Waals surface area contributed by atoms with Gasteiger partial charge in [-0.1, -0.05) is 6.07 Å². The lowest BCUT2D eigenvalue weighted by molar-refractivity contribution is -0.126. The van der Waals surface area contributed by atoms with Crippen molar-refractivity contribution in [2.75, 3.05) is 31.1 Å². The van der Waals surface area contributed by atoms with Gasteiger partial charge in [-0.05, 0) is 24.6 Å². The average Bonchev–Trinajstić information content (AvgIpc) is 3.08. The highest BCUT2D eigenvalue weighted by Crippen LogP contribution is 2.19. The third-order valence-corrected chi connectivity index (χ3v) is 4.47. The van der Waals surface area contributed by atoms with E-state index in [2.05, 4.69) is 25.1 Å². The molecule has 0 aromatic carbocycles. The Morgan fingerprint density at radius 1 is 1.15 bits per heavy atom. The molecule has 0 bridgehead atoms. The molecule has 8 heteroatoms. The molecule has 8 nitrogen and oxygen atoms in total. The lowest BCUT2D eigenvalue weighted by Gasteiger charge is -2.34. The van der Waals surface area contributed by atoms with Gasteiger partial charge in [0.1, 0.15) is 5.82 Å². The summed E-state index contributed by atoms with van der Waals surface area (Å²) in [6, 6.07) is 3.77. The van der Waals surface area contributed by atoms with E-state index in [0.29, 0.717) is 26.2 Å². The SMILES string of the molecule is Cc1nnc2c(N3CCN(C(=O)C=Cc4cccnc4)CC3)nccn12. The second-order valence-corrected chi connectivity index (χ2v) is 6.12. The van der Waals surface area contributed by atoms with E-state index in [9.17, 15) is 4.79 Å². The molecule has 0 radical (unpaired) electrons. The van der Waals surface area contributed by atoms with Crippen molar-refractivity contribution >= 4 is 23.4 Å². The zero-order valence-corrected chi connectivity index (χ0v) is 14.5. The van der Waals surface area contributed by atoms with E-state index in [0.717, 1.165) is 22.9 Å². The number of aromatic nitrogens is 5. The predicted octanol–water partition coefficient (Wildman–Crippen LogP) is 1.19. The van der Waals surface area contributed by atoms with Gasteiger partial charge < -0.3 is 9.80 Å². The van der Waals surface area contributed by atoms with E-state index in [4.69, 9.17) is 0 Å². The minimum atomic E-state index is 0.0120. The number of piperazine rings is 1. The number of hydrogen-bond acceptors (Lipinski definition) is 6. The Morgan fingerprint density at radius 2 is 2.00 bits per heavy atom. The molecule has 0 spiro atoms. The van der Waals surface area contributed by atoms with E-state index >= 15 is 0 Å². The molecule has 1 aliphatic rings. The first-order chi connectivity index (χ1) is 12.7. The van der Waals surface area contributed by atoms with Gasteiger partial charge >= 0.3 is 0 Å². The highest BCUT2D eigenvalue weighted by molar-refractivity contribution is 5.91. The quantitative estimate of drug-likeness (QED) is 0.661. The van der Waals surface area contributed by atoms with Gasteiger partial charge in [-0.25, -0.2) is 4.98 Å². The van der Waals surface area contributed by atoms with Gasteiger partial charge in [0.15, 0.2) is 5.82 Å². The molecule has 1 saturated heterocycles. The van der Waals surface area contributed by atoms with Crippen molar-refractivity contribution in [2.24, 2.45) is 0 Å². The molecule has 0 aliphatic carbocycles. The Balaban J connectivity index is 1.42. The third-order valence-electron chi connectivity index (χ3n) is 4.47. The number of fused-ring (bicyclic) bond motifs is 1. The van der Waals surface area contributed by atoms with Crippen LogP contribution in [0.1, 0.15) is 11.4 Å². The fourth-order valence-electron chi connectivity index (χ4n) is 3.04. The maximum absolute atomic E-state index is 12.4. The molecule has 1 aliphatic heterocycles. The zero-order chi connectivity index (χ0) is 17.9. The van der Waals surface area contributed by atoms with Crippen LogP contribution in [0.4, 0.5) is 5.82 Å². The lowest BCUT2D eigenvalue weighted by atomic mass is 10.2. The van der Waals surface area contributed by atoms with Crippen LogP contribution < -0.4 is 4.90 Å². The monoisotopic (exact) mass is 349 g/mol. The van der Waals surface area contributed by atoms with Crippen molar-refractivity contribution in [2.45, 2.75) is 6.92 Å². The van der Waals surface area contributed by atoms with Crippen LogP contribution in [0.3, 0.4) is 0 Å². The Labute approximate surface area is 150 Å². The molecule has 26 heavy (non-hydrogen) atoms. The van der Waals surface area contributed by atoms with Crippen LogP contribution in [0.25, 0.3) is 11.7 Å². The summed E-state index contributed by atoms with van der Waals surface area (Å²) < 4.78 is 1.93. The third kappa shape index (κ3) is 3.13. The summed E-state index contributed by atoms with van der Waals surface area (Å²) in [5.41, 5.74) is 1.67. The summed E-state index contributed by atoms with van der Waals surface area (Å²) in [5, 5.41) is 8.34. The van der Waals surface area contributed by atoms with Crippen molar-refractivity contribution in [3.05, 3.63) is 54.4 Å². The average molecular weight is 349 g/mol. The summed E-state index contributed by atoms with van der Waals surface area (Å²) >= 11 is 0. The van der Waals surface area contributed by atoms with E-state index in [1.54, 1.807) is 30.7 Å². The number of rotatable bonds is 3. The molecular weight excluding hydrogens is 330 g/mol. The number of nitrogens with zero attached hydrogens (tertiary/aromatic N) is 7. The number of amides is 1. The standard InChI is InChI=1S/C18H19N7O/c1-14-21-22-18-17(20-7-8-25(14)18)24-11-9-23(10-12-24)16(26)5-4-15-3-2-6-19-13-15/h2-8,13H,9-12H2,1H3. The van der Waals surface area contributed by atoms with Crippen LogP contribution in [0.15, 0.2) is 43.0 Å². The van der Waals surface area contributed by atoms with E-state index < -0.39 is 0 Å². The van der Waals surface area contributed by atoms with E-state index in [1.165, 1.54) is 0 Å². The molecule has 3 aromatic rings. The number of carbonyl (C=O) groups is 1. The number of carbonyl (C=O) groups excluding carboxylic acids is 1. The van der Waals surface area contributed by atoms with Crippen LogP contribution in [0.5, 0.6) is 0 Å². The van der Waals surface area contributed by atoms with Gasteiger partial charge in [0.05, 0.1) is 0 Å². The van der Waals surface area contributed by atoms with Crippen molar-refractivity contribution in [1.29, 1.82) is 0 Å². The lowest BCUT2D eigenvalue weighted by Crippen LogP contribution is -2.48. The summed E-state index contributed by atoms with van der Waals surface area (Å²) in [5.74, 6) is 1.65. The Morgan fingerprint density at radius 3 is 2.77 bits per heavy atom. The summed E-state index contributed by atoms with van der Waals surface area (Å²) in [6.07, 6.45) is 10.5. The maximum atomic E-state index is 12.4. The highest BCUT2D eigenvalue weighted by atomic mass is 16.2. The van der Waals surface area contributed by atoms with Gasteiger partial charge in [0, 0.05) is 57.0 Å². The van der Waals surface area contributed by atoms with Gasteiger partial charge in [0.2, 0.25) is 11.6 Å². The fourth-order valence-corrected chi connectivity index (χ4v) is 3.04. The smallest absolute Gasteiger partial charge is 0.246 e. The van der Waals surface area contributed by atoms with Gasteiger partial charge in [-0.3, -0.25) is 14.2 Å². The highest BCUT2D eigenvalue weighted by Gasteiger charge is 2.23. The molecule has 0 atom stereocenters. The van der Waals surface area contributed by atoms with Crippen LogP contribution >= 0.6 is 0 Å². The molecule has 3 aromatic heterocycles. The van der Waals surface area contributed by atoms with Crippen LogP contribution in [0, 0.1) is 6.92 Å². The first kappa shape index (κ1) is 16.2. The topological polar surface area (TPSA) is 79.5 Å². The first-order valence-corrected chi connectivity index (χ1v) is 8.51. The van der Waals surface area contributed by atoms with Crippen molar-refractivity contribution < 1.29 is 4.79 Å². The normalized spacial score (nSPS) is 15.1. The second kappa shape index (κ2) is 6.91. The summed E-state index contributed by atoms with van der Waals surface area (Å²) in [6.45, 7) is 4.63. The molecule has 0 saturated carbocycles. The molecule has 4 rings (SSSR count). The molecule has 1 amide bonds. The Kier molecular flexibility index (Phi) is 4.30. The Hall–Kier alpha value is -3.29. The minimum Gasteiger partial charge on any atom is -0.350 e. The molecule has 0 unspecified atom stereocenters. The molecule has 1 fully saturated rings. The van der Waals surface area contributed by atoms with Gasteiger partial charge in [-0.15, -0.1) is 10.2 Å². The fraction of sp³-hybridized carbons (Fsp3) is 0.278. The van der Waals surface area contributed by atoms with E-state index in [-0.39, 0.29) is 5.91 Å². The maximum Gasteiger partial charge on any atom is 0.246 e. The second-order valence-electron chi connectivity index (χ2n) is 6.12. The zero-order valence-electron chi connectivity index (χ0n) is 14.5. The number of hydrogen-bond donors (Lipinski definition) is 0. The molecule has 4 heterocycles. The van der Waals surface area contributed by atoms with Gasteiger partial charge in [-0.2, -0.15) is 0 Å². The van der Waals surface area contributed by atoms with Crippen LogP contribution in [-0.4, -0.2) is 61.6 Å². The van der Waals surface area contributed by atoms with Crippen LogP contribution in [0.2, 0.25) is 0 Å². The van der Waals surface area contributed by atoms with Gasteiger partial charge in [0.25, 0.3) is 0 Å². The van der Waals surface area contributed by atoms with Crippen molar-refractivity contribution in [3.63, 3.8) is 0 Å². The van der Waals surface area contributed by atoms with E-state index in [1.807, 2.05) is 34.6 Å². The van der Waals surface area contributed by atoms with Crippen molar-refractivity contribution in [3.8, 4) is 0 Å². The molecule has 0 N–H and O–H groups in total. The predicted molar refractivity (Wildman–Crippen MR) is 97.6 cm³/mol.